The second-order valence-corrected chi connectivity index (χ2v) is 11.5. The van der Waals surface area contributed by atoms with E-state index in [1.165, 1.54) is 0 Å². The van der Waals surface area contributed by atoms with E-state index in [-0.39, 0.29) is 42.7 Å². The number of amides is 3. The molecule has 1 aromatic carbocycles. The summed E-state index contributed by atoms with van der Waals surface area (Å²) in [6, 6.07) is 7.61. The van der Waals surface area contributed by atoms with Gasteiger partial charge in [-0.15, -0.1) is 0 Å². The highest BCUT2D eigenvalue weighted by atomic mass is 16.6. The number of Topliss-reactive ketones (excluding diaryl/α,β-unsaturated/α-hetero) is 1. The zero-order valence-electron chi connectivity index (χ0n) is 22.3. The standard InChI is InChI=1S/C27H41N3O6/c1-26(2,3)15-21(30-25(34)36-27(4,5)6)24(33)29-20(14-19-12-13-28-23(19)32)22(31)17-35-16-18-10-8-7-9-11-18/h7-11,19-21H,12-17H2,1-6H3,(H,28,32)(H,29,33)(H,30,34)/t19?,20-,21?/m0/s1. The first kappa shape index (κ1) is 29.3. The molecule has 0 aromatic heterocycles. The van der Waals surface area contributed by atoms with Crippen molar-refractivity contribution in [3.05, 3.63) is 35.9 Å². The summed E-state index contributed by atoms with van der Waals surface area (Å²) in [6.07, 6.45) is 0.370. The van der Waals surface area contributed by atoms with Gasteiger partial charge < -0.3 is 25.4 Å². The second kappa shape index (κ2) is 12.9. The minimum Gasteiger partial charge on any atom is -0.444 e. The Balaban J connectivity index is 2.11. The molecule has 1 heterocycles. The van der Waals surface area contributed by atoms with Gasteiger partial charge in [-0.1, -0.05) is 51.1 Å². The Morgan fingerprint density at radius 3 is 2.25 bits per heavy atom. The molecule has 9 nitrogen and oxygen atoms in total. The maximum absolute atomic E-state index is 13.3. The van der Waals surface area contributed by atoms with Gasteiger partial charge in [-0.25, -0.2) is 4.79 Å². The van der Waals surface area contributed by atoms with Crippen molar-refractivity contribution in [2.45, 2.75) is 85.1 Å². The molecule has 0 aliphatic carbocycles. The molecule has 1 aliphatic heterocycles. The lowest BCUT2D eigenvalue weighted by atomic mass is 9.87. The van der Waals surface area contributed by atoms with Crippen LogP contribution in [0.2, 0.25) is 0 Å². The van der Waals surface area contributed by atoms with Gasteiger partial charge in [-0.05, 0) is 51.0 Å². The zero-order valence-corrected chi connectivity index (χ0v) is 22.3. The predicted octanol–water partition coefficient (Wildman–Crippen LogP) is 3.11. The van der Waals surface area contributed by atoms with Crippen molar-refractivity contribution in [2.75, 3.05) is 13.2 Å². The van der Waals surface area contributed by atoms with Crippen LogP contribution in [0.15, 0.2) is 30.3 Å². The van der Waals surface area contributed by atoms with Crippen molar-refractivity contribution < 1.29 is 28.7 Å². The first-order valence-electron chi connectivity index (χ1n) is 12.5. The molecule has 9 heteroatoms. The van der Waals surface area contributed by atoms with Crippen LogP contribution >= 0.6 is 0 Å². The van der Waals surface area contributed by atoms with E-state index in [1.54, 1.807) is 20.8 Å². The van der Waals surface area contributed by atoms with Crippen LogP contribution in [0.5, 0.6) is 0 Å². The van der Waals surface area contributed by atoms with E-state index in [9.17, 15) is 19.2 Å². The minimum absolute atomic E-state index is 0.134. The molecule has 3 amide bonds. The Morgan fingerprint density at radius 2 is 1.69 bits per heavy atom. The van der Waals surface area contributed by atoms with E-state index in [1.807, 2.05) is 51.1 Å². The number of hydrogen-bond donors (Lipinski definition) is 3. The summed E-state index contributed by atoms with van der Waals surface area (Å²) in [4.78, 5) is 51.0. The third kappa shape index (κ3) is 10.8. The topological polar surface area (TPSA) is 123 Å². The molecule has 3 atom stereocenters. The van der Waals surface area contributed by atoms with Crippen molar-refractivity contribution in [1.29, 1.82) is 0 Å². The van der Waals surface area contributed by atoms with Crippen LogP contribution in [0.4, 0.5) is 4.79 Å². The van der Waals surface area contributed by atoms with Gasteiger partial charge in [-0.3, -0.25) is 14.4 Å². The van der Waals surface area contributed by atoms with Crippen molar-refractivity contribution in [3.63, 3.8) is 0 Å². The summed E-state index contributed by atoms with van der Waals surface area (Å²) in [7, 11) is 0. The molecule has 0 spiro atoms. The van der Waals surface area contributed by atoms with Gasteiger partial charge >= 0.3 is 6.09 Å². The molecule has 1 fully saturated rings. The summed E-state index contributed by atoms with van der Waals surface area (Å²) in [5.74, 6) is -1.35. The molecular formula is C27H41N3O6. The summed E-state index contributed by atoms with van der Waals surface area (Å²) in [5.41, 5.74) is -0.0920. The van der Waals surface area contributed by atoms with Gasteiger partial charge in [0.2, 0.25) is 11.8 Å². The number of ether oxygens (including phenoxy) is 2. The predicted molar refractivity (Wildman–Crippen MR) is 136 cm³/mol. The number of benzene rings is 1. The lowest BCUT2D eigenvalue weighted by molar-refractivity contribution is -0.133. The van der Waals surface area contributed by atoms with Crippen molar-refractivity contribution in [3.8, 4) is 0 Å². The normalized spacial score (nSPS) is 17.6. The number of nitrogens with one attached hydrogen (secondary N) is 3. The fourth-order valence-corrected chi connectivity index (χ4v) is 3.91. The summed E-state index contributed by atoms with van der Waals surface area (Å²) in [5, 5.41) is 8.20. The van der Waals surface area contributed by atoms with E-state index < -0.39 is 29.7 Å². The number of rotatable bonds is 11. The Kier molecular flexibility index (Phi) is 10.5. The molecule has 0 saturated carbocycles. The van der Waals surface area contributed by atoms with E-state index in [4.69, 9.17) is 9.47 Å². The average Bonchev–Trinajstić information content (AvgIpc) is 3.15. The number of ketones is 1. The van der Waals surface area contributed by atoms with Crippen molar-refractivity contribution >= 4 is 23.7 Å². The Morgan fingerprint density at radius 1 is 1.03 bits per heavy atom. The first-order valence-corrected chi connectivity index (χ1v) is 12.5. The highest BCUT2D eigenvalue weighted by Crippen LogP contribution is 2.22. The van der Waals surface area contributed by atoms with E-state index in [0.29, 0.717) is 19.4 Å². The largest absolute Gasteiger partial charge is 0.444 e. The van der Waals surface area contributed by atoms with Crippen LogP contribution in [0, 0.1) is 11.3 Å². The molecular weight excluding hydrogens is 462 g/mol. The van der Waals surface area contributed by atoms with Crippen LogP contribution in [-0.4, -0.2) is 54.5 Å². The van der Waals surface area contributed by atoms with Crippen LogP contribution in [0.25, 0.3) is 0 Å². The van der Waals surface area contributed by atoms with Gasteiger partial charge in [0.1, 0.15) is 18.2 Å². The number of carbonyl (C=O) groups excluding carboxylic acids is 4. The quantitative estimate of drug-likeness (QED) is 0.426. The molecule has 2 rings (SSSR count). The van der Waals surface area contributed by atoms with Gasteiger partial charge in [-0.2, -0.15) is 0 Å². The molecule has 200 valence electrons. The second-order valence-electron chi connectivity index (χ2n) is 11.5. The molecule has 1 aromatic rings. The SMILES string of the molecule is CC(C)(C)CC(NC(=O)OC(C)(C)C)C(=O)N[C@@H](CC1CCNC1=O)C(=O)COCc1ccccc1. The lowest BCUT2D eigenvalue weighted by Crippen LogP contribution is -2.54. The van der Waals surface area contributed by atoms with Crippen LogP contribution in [0.3, 0.4) is 0 Å². The van der Waals surface area contributed by atoms with Crippen LogP contribution in [-0.2, 0) is 30.5 Å². The molecule has 0 bridgehead atoms. The van der Waals surface area contributed by atoms with E-state index in [2.05, 4.69) is 16.0 Å². The van der Waals surface area contributed by atoms with Gasteiger partial charge in [0.05, 0.1) is 12.6 Å². The molecule has 1 aliphatic rings. The fraction of sp³-hybridized carbons (Fsp3) is 0.630. The average molecular weight is 504 g/mol. The smallest absolute Gasteiger partial charge is 0.408 e. The number of hydrogen-bond acceptors (Lipinski definition) is 6. The molecule has 3 N–H and O–H groups in total. The fourth-order valence-electron chi connectivity index (χ4n) is 3.91. The Hall–Kier alpha value is -2.94. The van der Waals surface area contributed by atoms with E-state index >= 15 is 0 Å². The summed E-state index contributed by atoms with van der Waals surface area (Å²) >= 11 is 0. The monoisotopic (exact) mass is 503 g/mol. The molecule has 2 unspecified atom stereocenters. The third-order valence-electron chi connectivity index (χ3n) is 5.57. The van der Waals surface area contributed by atoms with Gasteiger partial charge in [0.15, 0.2) is 5.78 Å². The maximum atomic E-state index is 13.3. The van der Waals surface area contributed by atoms with Gasteiger partial charge in [0, 0.05) is 12.5 Å². The summed E-state index contributed by atoms with van der Waals surface area (Å²) in [6.45, 7) is 11.6. The highest BCUT2D eigenvalue weighted by molar-refractivity contribution is 5.93. The Labute approximate surface area is 214 Å². The van der Waals surface area contributed by atoms with E-state index in [0.717, 1.165) is 5.56 Å². The lowest BCUT2D eigenvalue weighted by Gasteiger charge is -2.29. The molecule has 1 saturated heterocycles. The summed E-state index contributed by atoms with van der Waals surface area (Å²) < 4.78 is 10.9. The zero-order chi connectivity index (χ0) is 26.9. The molecule has 0 radical (unpaired) electrons. The molecule has 36 heavy (non-hydrogen) atoms. The first-order chi connectivity index (χ1) is 16.7. The van der Waals surface area contributed by atoms with Gasteiger partial charge in [0.25, 0.3) is 0 Å². The number of alkyl carbamates (subject to hydrolysis) is 1. The minimum atomic E-state index is -0.926. The number of carbonyl (C=O) groups is 4. The maximum Gasteiger partial charge on any atom is 0.408 e. The third-order valence-corrected chi connectivity index (χ3v) is 5.57. The van der Waals surface area contributed by atoms with Crippen LogP contribution in [0.1, 0.15) is 66.4 Å². The van der Waals surface area contributed by atoms with Crippen molar-refractivity contribution in [2.24, 2.45) is 11.3 Å². The van der Waals surface area contributed by atoms with Crippen molar-refractivity contribution in [1.82, 2.24) is 16.0 Å². The van der Waals surface area contributed by atoms with Crippen LogP contribution < -0.4 is 16.0 Å². The Bertz CT molecular complexity index is 904. The highest BCUT2D eigenvalue weighted by Gasteiger charge is 2.34.